The minimum absolute atomic E-state index is 0.134. The Bertz CT molecular complexity index is 571. The molecule has 1 aliphatic heterocycles. The van der Waals surface area contributed by atoms with Crippen molar-refractivity contribution in [2.75, 3.05) is 19.6 Å². The molecule has 0 unspecified atom stereocenters. The summed E-state index contributed by atoms with van der Waals surface area (Å²) in [5.41, 5.74) is 1.81. The number of carbonyl (C=O) groups is 1. The predicted octanol–water partition coefficient (Wildman–Crippen LogP) is 1.60. The fraction of sp³-hybridized carbons (Fsp3) is 0.357. The number of amides is 1. The van der Waals surface area contributed by atoms with E-state index in [-0.39, 0.29) is 5.91 Å². The number of carbonyl (C=O) groups excluding carboxylic acids is 1. The summed E-state index contributed by atoms with van der Waals surface area (Å²) in [5.74, 6) is 0.134. The molecule has 1 saturated heterocycles. The number of benzene rings is 1. The highest BCUT2D eigenvalue weighted by molar-refractivity contribution is 6.06. The average Bonchev–Trinajstić information content (AvgIpc) is 2.80. The molecule has 94 valence electrons. The number of aromatic nitrogens is 1. The molecule has 0 saturated carbocycles. The molecule has 0 bridgehead atoms. The summed E-state index contributed by atoms with van der Waals surface area (Å²) >= 11 is 0. The zero-order valence-electron chi connectivity index (χ0n) is 10.4. The van der Waals surface area contributed by atoms with Crippen molar-refractivity contribution in [3.8, 4) is 0 Å². The van der Waals surface area contributed by atoms with Crippen LogP contribution in [0.1, 0.15) is 17.3 Å². The number of hydrogen-bond donors (Lipinski definition) is 2. The van der Waals surface area contributed by atoms with E-state index in [1.165, 1.54) is 0 Å². The van der Waals surface area contributed by atoms with Crippen molar-refractivity contribution >= 4 is 16.8 Å². The van der Waals surface area contributed by atoms with Crippen molar-refractivity contribution in [1.29, 1.82) is 0 Å². The number of aromatic amines is 1. The summed E-state index contributed by atoms with van der Waals surface area (Å²) in [6.07, 6.45) is 1.88. The van der Waals surface area contributed by atoms with E-state index in [0.717, 1.165) is 36.1 Å². The summed E-state index contributed by atoms with van der Waals surface area (Å²) < 4.78 is 0. The summed E-state index contributed by atoms with van der Waals surface area (Å²) in [6, 6.07) is 8.14. The van der Waals surface area contributed by atoms with Gasteiger partial charge >= 0.3 is 0 Å². The molecule has 1 fully saturated rings. The van der Waals surface area contributed by atoms with Crippen LogP contribution in [0.15, 0.2) is 30.5 Å². The van der Waals surface area contributed by atoms with E-state index < -0.39 is 0 Å². The summed E-state index contributed by atoms with van der Waals surface area (Å²) in [5, 5.41) is 4.22. The lowest BCUT2D eigenvalue weighted by atomic mass is 10.1. The lowest BCUT2D eigenvalue weighted by Gasteiger charge is -2.37. The average molecular weight is 243 g/mol. The smallest absolute Gasteiger partial charge is 0.254 e. The maximum atomic E-state index is 12.6. The van der Waals surface area contributed by atoms with Gasteiger partial charge in [-0.05, 0) is 25.1 Å². The van der Waals surface area contributed by atoms with E-state index in [2.05, 4.69) is 10.3 Å². The third-order valence-electron chi connectivity index (χ3n) is 3.63. The number of hydrogen-bond acceptors (Lipinski definition) is 2. The van der Waals surface area contributed by atoms with E-state index in [9.17, 15) is 4.79 Å². The highest BCUT2D eigenvalue weighted by atomic mass is 16.2. The van der Waals surface area contributed by atoms with Gasteiger partial charge in [-0.25, -0.2) is 0 Å². The molecule has 2 aromatic rings. The second-order valence-corrected chi connectivity index (χ2v) is 4.65. The molecule has 0 atom stereocenters. The fourth-order valence-corrected chi connectivity index (χ4v) is 2.49. The quantitative estimate of drug-likeness (QED) is 0.860. The molecule has 0 aliphatic carbocycles. The summed E-state index contributed by atoms with van der Waals surface area (Å²) in [6.45, 7) is 4.60. The molecular weight excluding hydrogens is 226 g/mol. The Morgan fingerprint density at radius 3 is 2.89 bits per heavy atom. The normalized spacial score (nSPS) is 15.6. The molecular formula is C14H17N3O. The minimum atomic E-state index is 0.134. The third kappa shape index (κ3) is 1.69. The molecule has 2 heterocycles. The molecule has 18 heavy (non-hydrogen) atoms. The zero-order chi connectivity index (χ0) is 12.5. The topological polar surface area (TPSA) is 48.1 Å². The largest absolute Gasteiger partial charge is 0.361 e. The second kappa shape index (κ2) is 4.46. The first-order valence-electron chi connectivity index (χ1n) is 6.39. The third-order valence-corrected chi connectivity index (χ3v) is 3.63. The summed E-state index contributed by atoms with van der Waals surface area (Å²) in [7, 11) is 0. The molecule has 1 aromatic carbocycles. The summed E-state index contributed by atoms with van der Waals surface area (Å²) in [4.78, 5) is 17.7. The fourth-order valence-electron chi connectivity index (χ4n) is 2.49. The molecule has 1 aromatic heterocycles. The highest BCUT2D eigenvalue weighted by Crippen LogP contribution is 2.20. The van der Waals surface area contributed by atoms with Gasteiger partial charge in [0.2, 0.25) is 0 Å². The minimum Gasteiger partial charge on any atom is -0.361 e. The van der Waals surface area contributed by atoms with E-state index >= 15 is 0 Å². The molecule has 4 nitrogen and oxygen atoms in total. The number of H-pyrrole nitrogens is 1. The Balaban J connectivity index is 1.97. The first-order chi connectivity index (χ1) is 8.81. The van der Waals surface area contributed by atoms with Crippen LogP contribution in [0.25, 0.3) is 10.9 Å². The first kappa shape index (κ1) is 11.3. The van der Waals surface area contributed by atoms with Gasteiger partial charge in [0.1, 0.15) is 0 Å². The molecule has 0 spiro atoms. The van der Waals surface area contributed by atoms with Gasteiger partial charge < -0.3 is 15.2 Å². The SMILES string of the molecule is CCN(C(=O)c1cccc2[nH]ccc12)C1CNC1. The zero-order valence-corrected chi connectivity index (χ0v) is 10.4. The van der Waals surface area contributed by atoms with E-state index in [1.54, 1.807) is 0 Å². The van der Waals surface area contributed by atoms with Crippen molar-refractivity contribution in [2.45, 2.75) is 13.0 Å². The Morgan fingerprint density at radius 1 is 1.39 bits per heavy atom. The van der Waals surface area contributed by atoms with Crippen LogP contribution in [0.4, 0.5) is 0 Å². The molecule has 1 aliphatic rings. The van der Waals surface area contributed by atoms with Crippen LogP contribution in [-0.2, 0) is 0 Å². The van der Waals surface area contributed by atoms with Gasteiger partial charge in [-0.2, -0.15) is 0 Å². The van der Waals surface area contributed by atoms with Gasteiger partial charge in [-0.1, -0.05) is 6.07 Å². The Morgan fingerprint density at radius 2 is 2.22 bits per heavy atom. The van der Waals surface area contributed by atoms with Crippen LogP contribution in [0.5, 0.6) is 0 Å². The van der Waals surface area contributed by atoms with Gasteiger partial charge in [-0.15, -0.1) is 0 Å². The number of fused-ring (bicyclic) bond motifs is 1. The van der Waals surface area contributed by atoms with E-state index in [1.807, 2.05) is 42.3 Å². The number of nitrogens with one attached hydrogen (secondary N) is 2. The number of rotatable bonds is 3. The van der Waals surface area contributed by atoms with Crippen LogP contribution in [-0.4, -0.2) is 41.5 Å². The Hall–Kier alpha value is -1.81. The molecule has 0 radical (unpaired) electrons. The van der Waals surface area contributed by atoms with Gasteiger partial charge in [0.15, 0.2) is 0 Å². The maximum Gasteiger partial charge on any atom is 0.254 e. The van der Waals surface area contributed by atoms with Crippen LogP contribution >= 0.6 is 0 Å². The van der Waals surface area contributed by atoms with Gasteiger partial charge in [0.25, 0.3) is 5.91 Å². The molecule has 2 N–H and O–H groups in total. The van der Waals surface area contributed by atoms with E-state index in [0.29, 0.717) is 6.04 Å². The number of nitrogens with zero attached hydrogens (tertiary/aromatic N) is 1. The maximum absolute atomic E-state index is 12.6. The standard InChI is InChI=1S/C14H17N3O/c1-2-17(10-8-15-9-10)14(18)12-4-3-5-13-11(12)6-7-16-13/h3-7,10,15-16H,2,8-9H2,1H3. The molecule has 4 heteroatoms. The van der Waals surface area contributed by atoms with Crippen LogP contribution in [0.3, 0.4) is 0 Å². The predicted molar refractivity (Wildman–Crippen MR) is 71.7 cm³/mol. The molecule has 3 rings (SSSR count). The Kier molecular flexibility index (Phi) is 2.80. The van der Waals surface area contributed by atoms with Crippen LogP contribution in [0, 0.1) is 0 Å². The van der Waals surface area contributed by atoms with Gasteiger partial charge in [0.05, 0.1) is 6.04 Å². The first-order valence-corrected chi connectivity index (χ1v) is 6.39. The number of likely N-dealkylation sites (N-methyl/N-ethyl adjacent to an activating group) is 1. The molecule has 1 amide bonds. The van der Waals surface area contributed by atoms with Crippen LogP contribution < -0.4 is 5.32 Å². The Labute approximate surface area is 106 Å². The van der Waals surface area contributed by atoms with Crippen molar-refractivity contribution in [2.24, 2.45) is 0 Å². The van der Waals surface area contributed by atoms with Crippen molar-refractivity contribution in [1.82, 2.24) is 15.2 Å². The van der Waals surface area contributed by atoms with Crippen molar-refractivity contribution in [3.05, 3.63) is 36.0 Å². The monoisotopic (exact) mass is 243 g/mol. The second-order valence-electron chi connectivity index (χ2n) is 4.65. The lowest BCUT2D eigenvalue weighted by Crippen LogP contribution is -2.58. The van der Waals surface area contributed by atoms with Gasteiger partial charge in [0, 0.05) is 42.3 Å². The van der Waals surface area contributed by atoms with Gasteiger partial charge in [-0.3, -0.25) is 4.79 Å². The van der Waals surface area contributed by atoms with Crippen LogP contribution in [0.2, 0.25) is 0 Å². The van der Waals surface area contributed by atoms with Crippen molar-refractivity contribution < 1.29 is 4.79 Å². The van der Waals surface area contributed by atoms with E-state index in [4.69, 9.17) is 0 Å². The highest BCUT2D eigenvalue weighted by Gasteiger charge is 2.28. The van der Waals surface area contributed by atoms with Crippen molar-refractivity contribution in [3.63, 3.8) is 0 Å². The lowest BCUT2D eigenvalue weighted by molar-refractivity contribution is 0.0632.